The van der Waals surface area contributed by atoms with Crippen molar-refractivity contribution in [3.05, 3.63) is 65.0 Å². The zero-order valence-corrected chi connectivity index (χ0v) is 9.51. The van der Waals surface area contributed by atoms with Gasteiger partial charge in [-0.2, -0.15) is 0 Å². The number of pyridine rings is 1. The van der Waals surface area contributed by atoms with Crippen LogP contribution >= 0.6 is 0 Å². The first-order valence-electron chi connectivity index (χ1n) is 5.35. The molecule has 0 amide bonds. The third-order valence-electron chi connectivity index (χ3n) is 2.68. The van der Waals surface area contributed by atoms with Gasteiger partial charge in [0.2, 0.25) is 0 Å². The lowest BCUT2D eigenvalue weighted by Gasteiger charge is -2.13. The zero-order valence-electron chi connectivity index (χ0n) is 9.51. The number of hydrogen-bond acceptors (Lipinski definition) is 2. The van der Waals surface area contributed by atoms with Crippen LogP contribution in [0.2, 0.25) is 0 Å². The van der Waals surface area contributed by atoms with Gasteiger partial charge in [-0.1, -0.05) is 36.4 Å². The second kappa shape index (κ2) is 4.45. The quantitative estimate of drug-likeness (QED) is 0.832. The molecule has 1 atom stereocenters. The van der Waals surface area contributed by atoms with Crippen LogP contribution in [0.4, 0.5) is 0 Å². The van der Waals surface area contributed by atoms with Crippen LogP contribution in [0.1, 0.15) is 28.6 Å². The van der Waals surface area contributed by atoms with Gasteiger partial charge < -0.3 is 5.11 Å². The van der Waals surface area contributed by atoms with Crippen LogP contribution < -0.4 is 0 Å². The standard InChI is InChI=1S/C14H15NO/c1-10-8-9-13(11(2)15-10)14(16)12-6-4-3-5-7-12/h3-9,14,16H,1-2H3. The number of nitrogens with zero attached hydrogens (tertiary/aromatic N) is 1. The zero-order chi connectivity index (χ0) is 11.5. The Balaban J connectivity index is 2.38. The van der Waals surface area contributed by atoms with Crippen molar-refractivity contribution in [2.24, 2.45) is 0 Å². The molecule has 1 aromatic carbocycles. The summed E-state index contributed by atoms with van der Waals surface area (Å²) in [7, 11) is 0. The molecule has 0 aliphatic rings. The van der Waals surface area contributed by atoms with Gasteiger partial charge in [0.05, 0.1) is 0 Å². The minimum absolute atomic E-state index is 0.589. The van der Waals surface area contributed by atoms with E-state index in [0.717, 1.165) is 22.5 Å². The van der Waals surface area contributed by atoms with Crippen molar-refractivity contribution in [2.75, 3.05) is 0 Å². The highest BCUT2D eigenvalue weighted by Gasteiger charge is 2.12. The summed E-state index contributed by atoms with van der Waals surface area (Å²) < 4.78 is 0. The van der Waals surface area contributed by atoms with Gasteiger partial charge in [0.15, 0.2) is 0 Å². The fourth-order valence-electron chi connectivity index (χ4n) is 1.80. The lowest BCUT2D eigenvalue weighted by atomic mass is 10.0. The van der Waals surface area contributed by atoms with E-state index in [1.165, 1.54) is 0 Å². The van der Waals surface area contributed by atoms with E-state index in [1.807, 2.05) is 56.3 Å². The second-order valence-corrected chi connectivity index (χ2v) is 3.94. The molecule has 0 fully saturated rings. The number of aryl methyl sites for hydroxylation is 2. The van der Waals surface area contributed by atoms with Gasteiger partial charge in [-0.25, -0.2) is 0 Å². The van der Waals surface area contributed by atoms with E-state index in [1.54, 1.807) is 0 Å². The average molecular weight is 213 g/mol. The van der Waals surface area contributed by atoms with Crippen molar-refractivity contribution < 1.29 is 5.11 Å². The van der Waals surface area contributed by atoms with Crippen molar-refractivity contribution >= 4 is 0 Å². The molecular formula is C14H15NO. The molecule has 0 bridgehead atoms. The number of aliphatic hydroxyl groups excluding tert-OH is 1. The smallest absolute Gasteiger partial charge is 0.106 e. The molecule has 2 heteroatoms. The maximum absolute atomic E-state index is 10.2. The van der Waals surface area contributed by atoms with Crippen LogP contribution in [0.15, 0.2) is 42.5 Å². The summed E-state index contributed by atoms with van der Waals surface area (Å²) in [5, 5.41) is 10.2. The van der Waals surface area contributed by atoms with Gasteiger partial charge in [-0.3, -0.25) is 4.98 Å². The lowest BCUT2D eigenvalue weighted by Crippen LogP contribution is -2.03. The van der Waals surface area contributed by atoms with Gasteiger partial charge >= 0.3 is 0 Å². The molecule has 82 valence electrons. The molecule has 1 N–H and O–H groups in total. The molecule has 0 saturated carbocycles. The van der Waals surface area contributed by atoms with E-state index < -0.39 is 6.10 Å². The SMILES string of the molecule is Cc1ccc(C(O)c2ccccc2)c(C)n1. The molecule has 0 spiro atoms. The monoisotopic (exact) mass is 213 g/mol. The highest BCUT2D eigenvalue weighted by Crippen LogP contribution is 2.23. The van der Waals surface area contributed by atoms with Crippen molar-refractivity contribution in [2.45, 2.75) is 20.0 Å². The predicted octanol–water partition coefficient (Wildman–Crippen LogP) is 2.78. The van der Waals surface area contributed by atoms with E-state index in [-0.39, 0.29) is 0 Å². The Labute approximate surface area is 95.6 Å². The molecule has 2 aromatic rings. The van der Waals surface area contributed by atoms with Crippen molar-refractivity contribution in [1.29, 1.82) is 0 Å². The van der Waals surface area contributed by atoms with Crippen LogP contribution in [-0.4, -0.2) is 10.1 Å². The molecule has 1 heterocycles. The first-order valence-corrected chi connectivity index (χ1v) is 5.35. The first kappa shape index (κ1) is 10.8. The third kappa shape index (κ3) is 2.12. The molecule has 0 aliphatic carbocycles. The van der Waals surface area contributed by atoms with Crippen molar-refractivity contribution in [1.82, 2.24) is 4.98 Å². The molecule has 1 unspecified atom stereocenters. The van der Waals surface area contributed by atoms with Crippen LogP contribution in [-0.2, 0) is 0 Å². The van der Waals surface area contributed by atoms with Crippen LogP contribution in [0.5, 0.6) is 0 Å². The topological polar surface area (TPSA) is 33.1 Å². The van der Waals surface area contributed by atoms with E-state index >= 15 is 0 Å². The number of rotatable bonds is 2. The van der Waals surface area contributed by atoms with Gasteiger partial charge in [-0.15, -0.1) is 0 Å². The fourth-order valence-corrected chi connectivity index (χ4v) is 1.80. The van der Waals surface area contributed by atoms with Gasteiger partial charge in [-0.05, 0) is 25.5 Å². The molecule has 0 aliphatic heterocycles. The Bertz CT molecular complexity index is 479. The van der Waals surface area contributed by atoms with E-state index in [0.29, 0.717) is 0 Å². The minimum Gasteiger partial charge on any atom is -0.384 e. The molecule has 1 aromatic heterocycles. The Kier molecular flexibility index (Phi) is 3.02. The molecule has 16 heavy (non-hydrogen) atoms. The average Bonchev–Trinajstić information content (AvgIpc) is 2.29. The summed E-state index contributed by atoms with van der Waals surface area (Å²) in [5.74, 6) is 0. The summed E-state index contributed by atoms with van der Waals surface area (Å²) in [6.07, 6.45) is -0.589. The van der Waals surface area contributed by atoms with Crippen LogP contribution in [0.3, 0.4) is 0 Å². The molecule has 2 nitrogen and oxygen atoms in total. The fraction of sp³-hybridized carbons (Fsp3) is 0.214. The number of aliphatic hydroxyl groups is 1. The number of aromatic nitrogens is 1. The Morgan fingerprint density at radius 1 is 1.00 bits per heavy atom. The van der Waals surface area contributed by atoms with Gasteiger partial charge in [0.25, 0.3) is 0 Å². The van der Waals surface area contributed by atoms with Gasteiger partial charge in [0, 0.05) is 17.0 Å². The summed E-state index contributed by atoms with van der Waals surface area (Å²) in [4.78, 5) is 4.36. The van der Waals surface area contributed by atoms with E-state index in [4.69, 9.17) is 0 Å². The van der Waals surface area contributed by atoms with Crippen molar-refractivity contribution in [3.63, 3.8) is 0 Å². The molecule has 0 radical (unpaired) electrons. The normalized spacial score (nSPS) is 12.4. The van der Waals surface area contributed by atoms with Crippen molar-refractivity contribution in [3.8, 4) is 0 Å². The Hall–Kier alpha value is -1.67. The van der Waals surface area contributed by atoms with Gasteiger partial charge in [0.1, 0.15) is 6.10 Å². The summed E-state index contributed by atoms with van der Waals surface area (Å²) in [6, 6.07) is 13.5. The summed E-state index contributed by atoms with van der Waals surface area (Å²) >= 11 is 0. The largest absolute Gasteiger partial charge is 0.384 e. The number of hydrogen-bond donors (Lipinski definition) is 1. The molecular weight excluding hydrogens is 198 g/mol. The summed E-state index contributed by atoms with van der Waals surface area (Å²) in [6.45, 7) is 3.88. The third-order valence-corrected chi connectivity index (χ3v) is 2.68. The molecule has 0 saturated heterocycles. The maximum Gasteiger partial charge on any atom is 0.106 e. The predicted molar refractivity (Wildman–Crippen MR) is 64.2 cm³/mol. The first-order chi connectivity index (χ1) is 7.68. The Morgan fingerprint density at radius 3 is 2.31 bits per heavy atom. The van der Waals surface area contributed by atoms with Crippen LogP contribution in [0.25, 0.3) is 0 Å². The summed E-state index contributed by atoms with van der Waals surface area (Å²) in [5.41, 5.74) is 3.63. The number of benzene rings is 1. The van der Waals surface area contributed by atoms with Crippen LogP contribution in [0, 0.1) is 13.8 Å². The van der Waals surface area contributed by atoms with E-state index in [2.05, 4.69) is 4.98 Å². The maximum atomic E-state index is 10.2. The minimum atomic E-state index is -0.589. The molecule has 2 rings (SSSR count). The highest BCUT2D eigenvalue weighted by molar-refractivity contribution is 5.32. The Morgan fingerprint density at radius 2 is 1.69 bits per heavy atom. The lowest BCUT2D eigenvalue weighted by molar-refractivity contribution is 0.219. The highest BCUT2D eigenvalue weighted by atomic mass is 16.3. The van der Waals surface area contributed by atoms with E-state index in [9.17, 15) is 5.11 Å². The second-order valence-electron chi connectivity index (χ2n) is 3.94.